The summed E-state index contributed by atoms with van der Waals surface area (Å²) in [5, 5.41) is -0.237. The molecule has 14 heavy (non-hydrogen) atoms. The van der Waals surface area contributed by atoms with Crippen LogP contribution in [-0.4, -0.2) is 18.3 Å². The van der Waals surface area contributed by atoms with Gasteiger partial charge in [0.25, 0.3) is 0 Å². The van der Waals surface area contributed by atoms with Crippen LogP contribution in [0.3, 0.4) is 0 Å². The van der Waals surface area contributed by atoms with E-state index in [1.165, 1.54) is 26.4 Å². The number of methoxy groups -OCH3 is 1. The third kappa shape index (κ3) is 7.25. The van der Waals surface area contributed by atoms with Gasteiger partial charge in [0, 0.05) is 0 Å². The lowest BCUT2D eigenvalue weighted by atomic mass is 10.0. The van der Waals surface area contributed by atoms with Gasteiger partial charge in [-0.25, -0.2) is 0 Å². The topological polar surface area (TPSA) is 26.3 Å². The van der Waals surface area contributed by atoms with Crippen molar-refractivity contribution >= 4 is 18.6 Å². The molecule has 0 aliphatic rings. The van der Waals surface area contributed by atoms with Crippen LogP contribution in [0.25, 0.3) is 0 Å². The molecule has 2 nitrogen and oxygen atoms in total. The van der Waals surface area contributed by atoms with Gasteiger partial charge in [-0.3, -0.25) is 4.79 Å². The monoisotopic (exact) mass is 218 g/mol. The third-order valence-electron chi connectivity index (χ3n) is 2.23. The Labute approximate surface area is 92.8 Å². The van der Waals surface area contributed by atoms with E-state index in [0.29, 0.717) is 0 Å². The Morgan fingerprint density at radius 1 is 1.21 bits per heavy atom. The van der Waals surface area contributed by atoms with E-state index >= 15 is 0 Å². The zero-order valence-electron chi connectivity index (χ0n) is 9.45. The molecule has 0 radical (unpaired) electrons. The van der Waals surface area contributed by atoms with E-state index in [1.54, 1.807) is 0 Å². The first-order valence-electron chi connectivity index (χ1n) is 5.33. The number of carbonyl (C=O) groups excluding carboxylic acids is 1. The van der Waals surface area contributed by atoms with Crippen LogP contribution in [-0.2, 0) is 9.53 Å². The molecule has 0 saturated heterocycles. The molecular formula is C11H22O2S. The number of rotatable bonds is 7. The van der Waals surface area contributed by atoms with E-state index in [2.05, 4.69) is 31.2 Å². The van der Waals surface area contributed by atoms with Crippen LogP contribution in [0.4, 0.5) is 0 Å². The minimum atomic E-state index is -0.237. The summed E-state index contributed by atoms with van der Waals surface area (Å²) in [7, 11) is 1.41. The summed E-state index contributed by atoms with van der Waals surface area (Å²) in [6.45, 7) is 4.46. The van der Waals surface area contributed by atoms with Gasteiger partial charge in [0.2, 0.25) is 0 Å². The molecule has 0 fully saturated rings. The first-order chi connectivity index (χ1) is 6.57. The first-order valence-corrected chi connectivity index (χ1v) is 5.85. The Hall–Kier alpha value is -0.180. The molecule has 0 aliphatic carbocycles. The second-order valence-electron chi connectivity index (χ2n) is 4.07. The summed E-state index contributed by atoms with van der Waals surface area (Å²) < 4.78 is 4.59. The fourth-order valence-corrected chi connectivity index (χ4v) is 1.61. The van der Waals surface area contributed by atoms with Crippen molar-refractivity contribution < 1.29 is 9.53 Å². The number of hydrogen-bond acceptors (Lipinski definition) is 3. The van der Waals surface area contributed by atoms with Gasteiger partial charge >= 0.3 is 5.97 Å². The summed E-state index contributed by atoms with van der Waals surface area (Å²) in [6, 6.07) is 0. The molecule has 0 aromatic heterocycles. The summed E-state index contributed by atoms with van der Waals surface area (Å²) in [5.41, 5.74) is 0. The number of carbonyl (C=O) groups is 1. The lowest BCUT2D eigenvalue weighted by Crippen LogP contribution is -2.15. The van der Waals surface area contributed by atoms with Crippen LogP contribution >= 0.6 is 12.6 Å². The van der Waals surface area contributed by atoms with E-state index in [4.69, 9.17) is 0 Å². The smallest absolute Gasteiger partial charge is 0.318 e. The Kier molecular flexibility index (Phi) is 8.05. The summed E-state index contributed by atoms with van der Waals surface area (Å²) in [6.07, 6.45) is 5.60. The minimum absolute atomic E-state index is 0.211. The second-order valence-corrected chi connectivity index (χ2v) is 4.69. The van der Waals surface area contributed by atoms with E-state index < -0.39 is 0 Å². The zero-order valence-corrected chi connectivity index (χ0v) is 10.3. The fraction of sp³-hybridized carbons (Fsp3) is 0.909. The van der Waals surface area contributed by atoms with Crippen molar-refractivity contribution in [3.63, 3.8) is 0 Å². The van der Waals surface area contributed by atoms with E-state index in [-0.39, 0.29) is 11.2 Å². The maximum absolute atomic E-state index is 11.0. The van der Waals surface area contributed by atoms with Crippen LogP contribution in [0.2, 0.25) is 0 Å². The highest BCUT2D eigenvalue weighted by Gasteiger charge is 2.12. The summed E-state index contributed by atoms with van der Waals surface area (Å²) in [4.78, 5) is 11.0. The molecule has 1 unspecified atom stereocenters. The molecule has 0 aliphatic heterocycles. The lowest BCUT2D eigenvalue weighted by molar-refractivity contribution is -0.140. The Bertz CT molecular complexity index is 157. The molecule has 0 amide bonds. The van der Waals surface area contributed by atoms with E-state index in [9.17, 15) is 4.79 Å². The first kappa shape index (κ1) is 13.8. The standard InChI is InChI=1S/C11H22O2S/c1-9(2)7-5-4-6-8-10(14)11(12)13-3/h9-10,14H,4-8H2,1-3H3. The van der Waals surface area contributed by atoms with Crippen molar-refractivity contribution in [3.05, 3.63) is 0 Å². The fourth-order valence-electron chi connectivity index (χ4n) is 1.32. The number of thiol groups is 1. The van der Waals surface area contributed by atoms with Crippen molar-refractivity contribution in [1.82, 2.24) is 0 Å². The van der Waals surface area contributed by atoms with Crippen molar-refractivity contribution in [2.75, 3.05) is 7.11 Å². The predicted octanol–water partition coefficient (Wildman–Crippen LogP) is 3.06. The van der Waals surface area contributed by atoms with Gasteiger partial charge in [-0.1, -0.05) is 39.5 Å². The third-order valence-corrected chi connectivity index (χ3v) is 2.70. The van der Waals surface area contributed by atoms with Gasteiger partial charge in [-0.2, -0.15) is 12.6 Å². The van der Waals surface area contributed by atoms with Gasteiger partial charge in [-0.15, -0.1) is 0 Å². The average Bonchev–Trinajstić information content (AvgIpc) is 2.15. The molecule has 0 rings (SSSR count). The van der Waals surface area contributed by atoms with Crippen LogP contribution in [0.15, 0.2) is 0 Å². The van der Waals surface area contributed by atoms with Gasteiger partial charge in [0.05, 0.1) is 12.4 Å². The Morgan fingerprint density at radius 2 is 1.79 bits per heavy atom. The lowest BCUT2D eigenvalue weighted by Gasteiger charge is -2.08. The van der Waals surface area contributed by atoms with Gasteiger partial charge in [-0.05, 0) is 12.3 Å². The minimum Gasteiger partial charge on any atom is -0.468 e. The van der Waals surface area contributed by atoms with Crippen molar-refractivity contribution in [1.29, 1.82) is 0 Å². The van der Waals surface area contributed by atoms with Crippen molar-refractivity contribution in [2.24, 2.45) is 5.92 Å². The quantitative estimate of drug-likeness (QED) is 0.404. The molecule has 0 N–H and O–H groups in total. The number of esters is 1. The maximum Gasteiger partial charge on any atom is 0.318 e. The zero-order chi connectivity index (χ0) is 11.0. The molecule has 0 heterocycles. The van der Waals surface area contributed by atoms with E-state index in [1.807, 2.05) is 0 Å². The van der Waals surface area contributed by atoms with Crippen molar-refractivity contribution in [2.45, 2.75) is 51.2 Å². The molecular weight excluding hydrogens is 196 g/mol. The summed E-state index contributed by atoms with van der Waals surface area (Å²) in [5.74, 6) is 0.569. The SMILES string of the molecule is COC(=O)C(S)CCCCCC(C)C. The Balaban J connectivity index is 3.31. The molecule has 1 atom stereocenters. The van der Waals surface area contributed by atoms with Gasteiger partial charge in [0.15, 0.2) is 0 Å². The van der Waals surface area contributed by atoms with Crippen molar-refractivity contribution in [3.8, 4) is 0 Å². The number of unbranched alkanes of at least 4 members (excludes halogenated alkanes) is 2. The molecule has 84 valence electrons. The van der Waals surface area contributed by atoms with Crippen LogP contribution in [0.1, 0.15) is 46.0 Å². The second kappa shape index (κ2) is 8.16. The molecule has 0 bridgehead atoms. The number of ether oxygens (including phenoxy) is 1. The highest BCUT2D eigenvalue weighted by molar-refractivity contribution is 7.81. The van der Waals surface area contributed by atoms with Crippen LogP contribution in [0.5, 0.6) is 0 Å². The number of hydrogen-bond donors (Lipinski definition) is 1. The normalized spacial score (nSPS) is 12.9. The van der Waals surface area contributed by atoms with Crippen LogP contribution < -0.4 is 0 Å². The molecule has 0 aromatic rings. The maximum atomic E-state index is 11.0. The molecule has 0 spiro atoms. The average molecular weight is 218 g/mol. The highest BCUT2D eigenvalue weighted by Crippen LogP contribution is 2.13. The molecule has 3 heteroatoms. The molecule has 0 saturated carbocycles. The molecule has 0 aromatic carbocycles. The van der Waals surface area contributed by atoms with Gasteiger partial charge in [0.1, 0.15) is 0 Å². The Morgan fingerprint density at radius 3 is 2.29 bits per heavy atom. The highest BCUT2D eigenvalue weighted by atomic mass is 32.1. The summed E-state index contributed by atoms with van der Waals surface area (Å²) >= 11 is 4.17. The van der Waals surface area contributed by atoms with Crippen LogP contribution in [0, 0.1) is 5.92 Å². The van der Waals surface area contributed by atoms with Gasteiger partial charge < -0.3 is 4.74 Å². The van der Waals surface area contributed by atoms with E-state index in [0.717, 1.165) is 18.8 Å². The predicted molar refractivity (Wildman–Crippen MR) is 62.7 cm³/mol. The largest absolute Gasteiger partial charge is 0.468 e.